The maximum Gasteiger partial charge on any atom is 0.347 e. The molecule has 0 aliphatic carbocycles. The number of nitrogens with zero attached hydrogens (tertiary/aromatic N) is 1. The molecule has 2 aromatic rings. The smallest absolute Gasteiger partial charge is 0.340 e. The molecular formula is C13H13BrN4O. The average Bonchev–Trinajstić information content (AvgIpc) is 2.38. The second-order valence-electron chi connectivity index (χ2n) is 4.41. The monoisotopic (exact) mass is 320 g/mol. The quantitative estimate of drug-likeness (QED) is 0.790. The van der Waals surface area contributed by atoms with Gasteiger partial charge < -0.3 is 15.6 Å². The van der Waals surface area contributed by atoms with Gasteiger partial charge >= 0.3 is 5.69 Å². The predicted molar refractivity (Wildman–Crippen MR) is 77.7 cm³/mol. The zero-order valence-electron chi connectivity index (χ0n) is 10.2. The number of anilines is 2. The van der Waals surface area contributed by atoms with Gasteiger partial charge in [-0.3, -0.25) is 0 Å². The highest BCUT2D eigenvalue weighted by atomic mass is 79.9. The lowest BCUT2D eigenvalue weighted by Gasteiger charge is -2.19. The van der Waals surface area contributed by atoms with E-state index in [9.17, 15) is 4.79 Å². The molecule has 6 heteroatoms. The van der Waals surface area contributed by atoms with E-state index in [0.717, 1.165) is 34.4 Å². The van der Waals surface area contributed by atoms with Crippen LogP contribution >= 0.6 is 15.9 Å². The minimum atomic E-state index is -0.319. The van der Waals surface area contributed by atoms with Crippen molar-refractivity contribution < 1.29 is 0 Å². The van der Waals surface area contributed by atoms with Gasteiger partial charge in [0, 0.05) is 28.0 Å². The SMILES string of the molecule is O=c1nc(Nc2cccc(Br)c2)c2c([nH]1)CNCC2. The number of aromatic nitrogens is 2. The van der Waals surface area contributed by atoms with Gasteiger partial charge in [-0.15, -0.1) is 0 Å². The predicted octanol–water partition coefficient (Wildman–Crippen LogP) is 1.92. The third kappa shape index (κ3) is 2.69. The summed E-state index contributed by atoms with van der Waals surface area (Å²) in [6, 6.07) is 7.79. The zero-order chi connectivity index (χ0) is 13.2. The number of nitrogens with one attached hydrogen (secondary N) is 3. The molecule has 2 heterocycles. The fraction of sp³-hybridized carbons (Fsp3) is 0.231. The van der Waals surface area contributed by atoms with Gasteiger partial charge in [0.1, 0.15) is 5.82 Å². The van der Waals surface area contributed by atoms with Crippen molar-refractivity contribution in [3.8, 4) is 0 Å². The van der Waals surface area contributed by atoms with Crippen molar-refractivity contribution in [1.82, 2.24) is 15.3 Å². The Kier molecular flexibility index (Phi) is 3.35. The molecule has 5 nitrogen and oxygen atoms in total. The van der Waals surface area contributed by atoms with Gasteiger partial charge in [0.2, 0.25) is 0 Å². The summed E-state index contributed by atoms with van der Waals surface area (Å²) in [7, 11) is 0. The molecule has 0 unspecified atom stereocenters. The first-order valence-corrected chi connectivity index (χ1v) is 6.87. The largest absolute Gasteiger partial charge is 0.347 e. The number of aromatic amines is 1. The van der Waals surface area contributed by atoms with Crippen LogP contribution in [-0.2, 0) is 13.0 Å². The maximum atomic E-state index is 11.6. The van der Waals surface area contributed by atoms with E-state index in [4.69, 9.17) is 0 Å². The first-order valence-electron chi connectivity index (χ1n) is 6.08. The van der Waals surface area contributed by atoms with Gasteiger partial charge in [0.05, 0.1) is 0 Å². The van der Waals surface area contributed by atoms with Crippen molar-refractivity contribution in [1.29, 1.82) is 0 Å². The highest BCUT2D eigenvalue weighted by molar-refractivity contribution is 9.10. The summed E-state index contributed by atoms with van der Waals surface area (Å²) in [5, 5.41) is 6.46. The lowest BCUT2D eigenvalue weighted by Crippen LogP contribution is -2.29. The number of benzene rings is 1. The summed E-state index contributed by atoms with van der Waals surface area (Å²) < 4.78 is 0.984. The van der Waals surface area contributed by atoms with E-state index in [1.165, 1.54) is 0 Å². The Morgan fingerprint density at radius 1 is 1.37 bits per heavy atom. The molecule has 0 saturated carbocycles. The van der Waals surface area contributed by atoms with Gasteiger partial charge in [-0.1, -0.05) is 22.0 Å². The Bertz CT molecular complexity index is 668. The van der Waals surface area contributed by atoms with Crippen molar-refractivity contribution in [3.63, 3.8) is 0 Å². The van der Waals surface area contributed by atoms with Crippen LogP contribution in [-0.4, -0.2) is 16.5 Å². The lowest BCUT2D eigenvalue weighted by atomic mass is 10.1. The van der Waals surface area contributed by atoms with Crippen LogP contribution < -0.4 is 16.3 Å². The summed E-state index contributed by atoms with van der Waals surface area (Å²) in [5.41, 5.74) is 2.59. The maximum absolute atomic E-state index is 11.6. The van der Waals surface area contributed by atoms with Crippen LogP contribution in [0.5, 0.6) is 0 Å². The van der Waals surface area contributed by atoms with Crippen LogP contribution in [0.4, 0.5) is 11.5 Å². The molecule has 1 aromatic heterocycles. The van der Waals surface area contributed by atoms with Gasteiger partial charge in [-0.25, -0.2) is 4.79 Å². The summed E-state index contributed by atoms with van der Waals surface area (Å²) in [4.78, 5) is 18.4. The number of rotatable bonds is 2. The standard InChI is InChI=1S/C13H13BrN4O/c14-8-2-1-3-9(6-8)16-12-10-4-5-15-7-11(10)17-13(19)18-12/h1-3,6,15H,4-5,7H2,(H2,16,17,18,19). The molecule has 3 N–H and O–H groups in total. The first kappa shape index (κ1) is 12.4. The van der Waals surface area contributed by atoms with E-state index >= 15 is 0 Å². The van der Waals surface area contributed by atoms with E-state index in [1.807, 2.05) is 24.3 Å². The number of H-pyrrole nitrogens is 1. The Morgan fingerprint density at radius 3 is 3.11 bits per heavy atom. The minimum Gasteiger partial charge on any atom is -0.340 e. The van der Waals surface area contributed by atoms with Crippen molar-refractivity contribution in [3.05, 3.63) is 50.5 Å². The van der Waals surface area contributed by atoms with Gasteiger partial charge in [-0.05, 0) is 31.2 Å². The Morgan fingerprint density at radius 2 is 2.26 bits per heavy atom. The van der Waals surface area contributed by atoms with E-state index in [1.54, 1.807) is 0 Å². The van der Waals surface area contributed by atoms with Crippen LogP contribution in [0.15, 0.2) is 33.5 Å². The lowest BCUT2D eigenvalue weighted by molar-refractivity contribution is 0.621. The number of hydrogen-bond donors (Lipinski definition) is 3. The highest BCUT2D eigenvalue weighted by Crippen LogP contribution is 2.23. The summed E-state index contributed by atoms with van der Waals surface area (Å²) in [5.74, 6) is 0.651. The molecule has 0 spiro atoms. The molecule has 98 valence electrons. The summed E-state index contributed by atoms with van der Waals surface area (Å²) in [6.45, 7) is 1.58. The third-order valence-electron chi connectivity index (χ3n) is 3.06. The molecule has 0 saturated heterocycles. The topological polar surface area (TPSA) is 69.8 Å². The first-order chi connectivity index (χ1) is 9.22. The van der Waals surface area contributed by atoms with E-state index in [0.29, 0.717) is 12.4 Å². The van der Waals surface area contributed by atoms with Crippen molar-refractivity contribution in [2.45, 2.75) is 13.0 Å². The highest BCUT2D eigenvalue weighted by Gasteiger charge is 2.15. The molecule has 1 aliphatic heterocycles. The fourth-order valence-corrected chi connectivity index (χ4v) is 2.60. The molecular weight excluding hydrogens is 308 g/mol. The normalized spacial score (nSPS) is 13.9. The molecule has 3 rings (SSSR count). The number of fused-ring (bicyclic) bond motifs is 1. The fourth-order valence-electron chi connectivity index (χ4n) is 2.20. The molecule has 0 radical (unpaired) electrons. The molecule has 1 aliphatic rings. The van der Waals surface area contributed by atoms with Crippen LogP contribution in [0, 0.1) is 0 Å². The second kappa shape index (κ2) is 5.14. The van der Waals surface area contributed by atoms with Gasteiger partial charge in [0.15, 0.2) is 0 Å². The second-order valence-corrected chi connectivity index (χ2v) is 5.33. The average molecular weight is 321 g/mol. The van der Waals surface area contributed by atoms with E-state index in [-0.39, 0.29) is 5.69 Å². The van der Waals surface area contributed by atoms with Crippen LogP contribution in [0.3, 0.4) is 0 Å². The van der Waals surface area contributed by atoms with Crippen LogP contribution in [0.2, 0.25) is 0 Å². The summed E-state index contributed by atoms with van der Waals surface area (Å²) >= 11 is 3.43. The Balaban J connectivity index is 2.00. The molecule has 0 amide bonds. The van der Waals surface area contributed by atoms with Crippen molar-refractivity contribution in [2.24, 2.45) is 0 Å². The van der Waals surface area contributed by atoms with E-state index in [2.05, 4.69) is 36.5 Å². The Labute approximate surface area is 118 Å². The van der Waals surface area contributed by atoms with Crippen molar-refractivity contribution >= 4 is 27.4 Å². The van der Waals surface area contributed by atoms with Crippen LogP contribution in [0.25, 0.3) is 0 Å². The molecule has 1 aromatic carbocycles. The summed E-state index contributed by atoms with van der Waals surface area (Å²) in [6.07, 6.45) is 0.857. The Hall–Kier alpha value is -1.66. The zero-order valence-corrected chi connectivity index (χ0v) is 11.8. The number of hydrogen-bond acceptors (Lipinski definition) is 4. The minimum absolute atomic E-state index is 0.319. The van der Waals surface area contributed by atoms with Gasteiger partial charge in [-0.2, -0.15) is 4.98 Å². The van der Waals surface area contributed by atoms with Gasteiger partial charge in [0.25, 0.3) is 0 Å². The third-order valence-corrected chi connectivity index (χ3v) is 3.56. The van der Waals surface area contributed by atoms with E-state index < -0.39 is 0 Å². The molecule has 19 heavy (non-hydrogen) atoms. The van der Waals surface area contributed by atoms with Crippen molar-refractivity contribution in [2.75, 3.05) is 11.9 Å². The van der Waals surface area contributed by atoms with Crippen LogP contribution in [0.1, 0.15) is 11.3 Å². The molecule has 0 atom stereocenters. The molecule has 0 fully saturated rings. The molecule has 0 bridgehead atoms. The number of halogens is 1.